The van der Waals surface area contributed by atoms with E-state index in [0.717, 1.165) is 33.2 Å². The molecule has 1 amide bonds. The van der Waals surface area contributed by atoms with E-state index in [0.29, 0.717) is 5.56 Å². The Morgan fingerprint density at radius 3 is 2.55 bits per heavy atom. The smallest absolute Gasteiger partial charge is 0.295 e. The van der Waals surface area contributed by atoms with Crippen LogP contribution in [0, 0.1) is 13.8 Å². The summed E-state index contributed by atoms with van der Waals surface area (Å²) in [6.45, 7) is 4.16. The van der Waals surface area contributed by atoms with E-state index in [9.17, 15) is 14.7 Å². The van der Waals surface area contributed by atoms with Crippen LogP contribution in [0.25, 0.3) is 16.7 Å². The quantitative estimate of drug-likeness (QED) is 0.273. The minimum atomic E-state index is -0.726. The number of pyridine rings is 1. The van der Waals surface area contributed by atoms with E-state index in [1.165, 1.54) is 4.90 Å². The number of hydrogen-bond donors (Lipinski definition) is 2. The van der Waals surface area contributed by atoms with Gasteiger partial charge in [-0.3, -0.25) is 14.6 Å². The van der Waals surface area contributed by atoms with Crippen LogP contribution in [0.15, 0.2) is 78.8 Å². The molecule has 0 spiro atoms. The molecule has 2 aromatic heterocycles. The van der Waals surface area contributed by atoms with E-state index in [2.05, 4.69) is 9.97 Å². The normalized spacial score (nSPS) is 17.8. The SMILES string of the molecule is Cc1ccc(/C(O)=C2\C(=O)C(=O)N(Cc3ccncc3)C2c2c[nH]c3ccccc23)cc1C. The summed E-state index contributed by atoms with van der Waals surface area (Å²) in [7, 11) is 0. The standard InChI is InChI=1S/C27H23N3O3/c1-16-7-8-19(13-17(16)2)25(31)23-24(21-14-29-22-6-4-3-5-20(21)22)30(27(33)26(23)32)15-18-9-11-28-12-10-18/h3-14,24,29,31H,15H2,1-2H3/b25-23+. The maximum atomic E-state index is 13.3. The molecule has 6 heteroatoms. The Balaban J connectivity index is 1.72. The highest BCUT2D eigenvalue weighted by Crippen LogP contribution is 2.42. The number of aromatic nitrogens is 2. The number of aromatic amines is 1. The first-order chi connectivity index (χ1) is 16.0. The zero-order valence-electron chi connectivity index (χ0n) is 18.4. The number of fused-ring (bicyclic) bond motifs is 1. The number of amides is 1. The Hall–Kier alpha value is -4.19. The fourth-order valence-corrected chi connectivity index (χ4v) is 4.42. The highest BCUT2D eigenvalue weighted by molar-refractivity contribution is 6.46. The van der Waals surface area contributed by atoms with Gasteiger partial charge in [0.25, 0.3) is 11.7 Å². The van der Waals surface area contributed by atoms with Crippen molar-refractivity contribution in [3.63, 3.8) is 0 Å². The van der Waals surface area contributed by atoms with Gasteiger partial charge < -0.3 is 15.0 Å². The Morgan fingerprint density at radius 1 is 1.03 bits per heavy atom. The van der Waals surface area contributed by atoms with Crippen LogP contribution in [0.3, 0.4) is 0 Å². The zero-order valence-corrected chi connectivity index (χ0v) is 18.4. The molecule has 2 aromatic carbocycles. The van der Waals surface area contributed by atoms with Crippen LogP contribution in [0.4, 0.5) is 0 Å². The number of carbonyl (C=O) groups excluding carboxylic acids is 2. The molecule has 1 atom stereocenters. The van der Waals surface area contributed by atoms with E-state index >= 15 is 0 Å². The van der Waals surface area contributed by atoms with Gasteiger partial charge in [0.15, 0.2) is 0 Å². The number of rotatable bonds is 4. The van der Waals surface area contributed by atoms with Crippen LogP contribution in [0.1, 0.15) is 33.9 Å². The molecule has 4 aromatic rings. The first-order valence-corrected chi connectivity index (χ1v) is 10.8. The molecule has 0 bridgehead atoms. The van der Waals surface area contributed by atoms with Gasteiger partial charge in [-0.05, 0) is 54.8 Å². The summed E-state index contributed by atoms with van der Waals surface area (Å²) in [4.78, 5) is 35.3. The summed E-state index contributed by atoms with van der Waals surface area (Å²) < 4.78 is 0. The summed E-state index contributed by atoms with van der Waals surface area (Å²) in [6, 6.07) is 16.1. The molecule has 3 heterocycles. The fourth-order valence-electron chi connectivity index (χ4n) is 4.42. The molecular weight excluding hydrogens is 414 g/mol. The number of nitrogens with one attached hydrogen (secondary N) is 1. The molecule has 2 N–H and O–H groups in total. The largest absolute Gasteiger partial charge is 0.507 e. The van der Waals surface area contributed by atoms with Gasteiger partial charge in [0.05, 0.1) is 11.6 Å². The van der Waals surface area contributed by atoms with Gasteiger partial charge in [-0.25, -0.2) is 0 Å². The number of benzene rings is 2. The number of hydrogen-bond acceptors (Lipinski definition) is 4. The lowest BCUT2D eigenvalue weighted by Gasteiger charge is -2.25. The molecule has 1 unspecified atom stereocenters. The minimum Gasteiger partial charge on any atom is -0.507 e. The van der Waals surface area contributed by atoms with E-state index in [1.54, 1.807) is 18.5 Å². The Bertz CT molecular complexity index is 1420. The van der Waals surface area contributed by atoms with Crippen LogP contribution in [-0.2, 0) is 16.1 Å². The zero-order chi connectivity index (χ0) is 23.1. The number of Topliss-reactive ketones (excluding diaryl/α,β-unsaturated/α-hetero) is 1. The summed E-state index contributed by atoms with van der Waals surface area (Å²) in [5.74, 6) is -1.48. The number of nitrogens with zero attached hydrogens (tertiary/aromatic N) is 2. The molecular formula is C27H23N3O3. The molecule has 0 aliphatic carbocycles. The summed E-state index contributed by atoms with van der Waals surface area (Å²) in [5, 5.41) is 12.2. The van der Waals surface area contributed by atoms with Crippen molar-refractivity contribution in [2.45, 2.75) is 26.4 Å². The summed E-state index contributed by atoms with van der Waals surface area (Å²) in [5.41, 5.74) is 5.21. The average Bonchev–Trinajstić information content (AvgIpc) is 3.35. The van der Waals surface area contributed by atoms with E-state index in [1.807, 2.05) is 68.6 Å². The van der Waals surface area contributed by atoms with Crippen molar-refractivity contribution in [2.24, 2.45) is 0 Å². The Labute approximate surface area is 191 Å². The number of aliphatic hydroxyl groups is 1. The van der Waals surface area contributed by atoms with E-state index in [-0.39, 0.29) is 17.9 Å². The Kier molecular flexibility index (Phi) is 5.05. The van der Waals surface area contributed by atoms with Crippen LogP contribution in [-0.4, -0.2) is 31.7 Å². The topological polar surface area (TPSA) is 86.3 Å². The van der Waals surface area contributed by atoms with Crippen molar-refractivity contribution in [2.75, 3.05) is 0 Å². The number of carbonyl (C=O) groups is 2. The number of H-pyrrole nitrogens is 1. The van der Waals surface area contributed by atoms with Crippen molar-refractivity contribution in [3.8, 4) is 0 Å². The van der Waals surface area contributed by atoms with Crippen molar-refractivity contribution in [1.29, 1.82) is 0 Å². The maximum absolute atomic E-state index is 13.3. The maximum Gasteiger partial charge on any atom is 0.295 e. The van der Waals surface area contributed by atoms with E-state index in [4.69, 9.17) is 0 Å². The lowest BCUT2D eigenvalue weighted by Crippen LogP contribution is -2.29. The third-order valence-corrected chi connectivity index (χ3v) is 6.34. The number of para-hydroxylation sites is 1. The highest BCUT2D eigenvalue weighted by atomic mass is 16.3. The first-order valence-electron chi connectivity index (χ1n) is 10.8. The van der Waals surface area contributed by atoms with Gasteiger partial charge in [-0.2, -0.15) is 0 Å². The predicted molar refractivity (Wildman–Crippen MR) is 126 cm³/mol. The van der Waals surface area contributed by atoms with Gasteiger partial charge in [0.2, 0.25) is 0 Å². The van der Waals surface area contributed by atoms with Gasteiger partial charge in [-0.15, -0.1) is 0 Å². The lowest BCUT2D eigenvalue weighted by molar-refractivity contribution is -0.140. The lowest BCUT2D eigenvalue weighted by atomic mass is 9.94. The number of likely N-dealkylation sites (tertiary alicyclic amines) is 1. The molecule has 1 saturated heterocycles. The van der Waals surface area contributed by atoms with Gasteiger partial charge in [0, 0.05) is 47.2 Å². The second-order valence-electron chi connectivity index (χ2n) is 8.37. The molecule has 0 radical (unpaired) electrons. The van der Waals surface area contributed by atoms with Crippen molar-refractivity contribution >= 4 is 28.4 Å². The molecule has 1 aliphatic heterocycles. The fraction of sp³-hybridized carbons (Fsp3) is 0.148. The highest BCUT2D eigenvalue weighted by Gasteiger charge is 2.46. The molecule has 1 aliphatic rings. The second-order valence-corrected chi connectivity index (χ2v) is 8.37. The van der Waals surface area contributed by atoms with Crippen molar-refractivity contribution < 1.29 is 14.7 Å². The molecule has 5 rings (SSSR count). The summed E-state index contributed by atoms with van der Waals surface area (Å²) >= 11 is 0. The van der Waals surface area contributed by atoms with Crippen LogP contribution in [0.2, 0.25) is 0 Å². The molecule has 164 valence electrons. The average molecular weight is 437 g/mol. The van der Waals surface area contributed by atoms with Crippen LogP contribution < -0.4 is 0 Å². The van der Waals surface area contributed by atoms with Crippen molar-refractivity contribution in [3.05, 3.63) is 107 Å². The number of aryl methyl sites for hydroxylation is 2. The van der Waals surface area contributed by atoms with Gasteiger partial charge in [0.1, 0.15) is 5.76 Å². The second kappa shape index (κ2) is 8.06. The molecule has 6 nitrogen and oxygen atoms in total. The van der Waals surface area contributed by atoms with Gasteiger partial charge in [-0.1, -0.05) is 30.3 Å². The summed E-state index contributed by atoms with van der Waals surface area (Å²) in [6.07, 6.45) is 5.12. The third-order valence-electron chi connectivity index (χ3n) is 6.34. The van der Waals surface area contributed by atoms with Crippen molar-refractivity contribution in [1.82, 2.24) is 14.9 Å². The molecule has 33 heavy (non-hydrogen) atoms. The predicted octanol–water partition coefficient (Wildman–Crippen LogP) is 4.80. The number of aliphatic hydroxyl groups excluding tert-OH is 1. The van der Waals surface area contributed by atoms with Crippen LogP contribution in [0.5, 0.6) is 0 Å². The monoisotopic (exact) mass is 437 g/mol. The molecule has 0 saturated carbocycles. The Morgan fingerprint density at radius 2 is 1.79 bits per heavy atom. The first kappa shape index (κ1) is 20.7. The van der Waals surface area contributed by atoms with Gasteiger partial charge >= 0.3 is 0 Å². The third kappa shape index (κ3) is 3.49. The minimum absolute atomic E-state index is 0.0991. The van der Waals surface area contributed by atoms with E-state index < -0.39 is 17.7 Å². The molecule has 1 fully saturated rings. The number of ketones is 1. The van der Waals surface area contributed by atoms with Crippen LogP contribution >= 0.6 is 0 Å².